The maximum atomic E-state index is 2.41. The summed E-state index contributed by atoms with van der Waals surface area (Å²) < 4.78 is 4.82. The van der Waals surface area contributed by atoms with Gasteiger partial charge in [0.2, 0.25) is 0 Å². The van der Waals surface area contributed by atoms with E-state index in [9.17, 15) is 0 Å². The number of nitrogens with zero attached hydrogens (tertiary/aromatic N) is 2. The maximum absolute atomic E-state index is 2.41. The van der Waals surface area contributed by atoms with Crippen molar-refractivity contribution in [2.75, 3.05) is 0 Å². The van der Waals surface area contributed by atoms with Gasteiger partial charge in [-0.2, -0.15) is 0 Å². The smallest absolute Gasteiger partial charge is 0.0541 e. The van der Waals surface area contributed by atoms with Crippen molar-refractivity contribution in [3.05, 3.63) is 205 Å². The van der Waals surface area contributed by atoms with E-state index < -0.39 is 0 Å². The van der Waals surface area contributed by atoms with Crippen LogP contribution in [0.5, 0.6) is 0 Å². The first-order valence-corrected chi connectivity index (χ1v) is 17.9. The summed E-state index contributed by atoms with van der Waals surface area (Å²) in [6.07, 6.45) is 4.45. The molecule has 0 saturated heterocycles. The van der Waals surface area contributed by atoms with Crippen molar-refractivity contribution < 1.29 is 0 Å². The molecule has 244 valence electrons. The summed E-state index contributed by atoms with van der Waals surface area (Å²) in [7, 11) is 0. The predicted molar refractivity (Wildman–Crippen MR) is 221 cm³/mol. The molecule has 0 fully saturated rings. The van der Waals surface area contributed by atoms with Crippen LogP contribution in [0.3, 0.4) is 0 Å². The van der Waals surface area contributed by atoms with Gasteiger partial charge in [-0.3, -0.25) is 0 Å². The summed E-state index contributed by atoms with van der Waals surface area (Å²) in [6.45, 7) is 0. The molecule has 0 atom stereocenters. The largest absolute Gasteiger partial charge is 0.309 e. The minimum Gasteiger partial charge on any atom is -0.309 e. The van der Waals surface area contributed by atoms with E-state index in [1.165, 1.54) is 77.2 Å². The summed E-state index contributed by atoms with van der Waals surface area (Å²) >= 11 is 0. The third kappa shape index (κ3) is 4.96. The Kier molecular flexibility index (Phi) is 7.18. The molecular weight excluding hydrogens is 629 g/mol. The molecule has 10 rings (SSSR count). The highest BCUT2D eigenvalue weighted by molar-refractivity contribution is 6.10. The molecule has 0 N–H and O–H groups in total. The van der Waals surface area contributed by atoms with E-state index in [1.807, 2.05) is 0 Å². The SMILES string of the molecule is C(=C\c1cccc(-c2ccccc2-n2c3ccccc3c3ccccc32)c1)/c1cccc(-c2ccccc2-n2c3ccccc3c3ccccc32)c1. The second-order valence-corrected chi connectivity index (χ2v) is 13.4. The Labute approximate surface area is 302 Å². The average molecular weight is 663 g/mol. The number of hydrogen-bond donors (Lipinski definition) is 0. The summed E-state index contributed by atoms with van der Waals surface area (Å²) in [6, 6.07) is 70.0. The Morgan fingerprint density at radius 2 is 0.615 bits per heavy atom. The van der Waals surface area contributed by atoms with E-state index in [-0.39, 0.29) is 0 Å². The van der Waals surface area contributed by atoms with Crippen LogP contribution in [0.15, 0.2) is 194 Å². The van der Waals surface area contributed by atoms with E-state index in [0.717, 1.165) is 11.1 Å². The normalized spacial score (nSPS) is 11.8. The van der Waals surface area contributed by atoms with Crippen LogP contribution in [0.4, 0.5) is 0 Å². The van der Waals surface area contributed by atoms with E-state index >= 15 is 0 Å². The lowest BCUT2D eigenvalue weighted by atomic mass is 9.99. The molecular formula is C50H34N2. The van der Waals surface area contributed by atoms with E-state index in [4.69, 9.17) is 0 Å². The maximum Gasteiger partial charge on any atom is 0.0541 e. The Morgan fingerprint density at radius 3 is 1.00 bits per heavy atom. The molecule has 2 aromatic heterocycles. The molecule has 2 heteroatoms. The van der Waals surface area contributed by atoms with E-state index in [2.05, 4.69) is 215 Å². The van der Waals surface area contributed by atoms with E-state index in [1.54, 1.807) is 0 Å². The van der Waals surface area contributed by atoms with Gasteiger partial charge in [-0.25, -0.2) is 0 Å². The first-order chi connectivity index (χ1) is 25.8. The Hall–Kier alpha value is -6.90. The minimum absolute atomic E-state index is 1.16. The molecule has 0 aliphatic rings. The summed E-state index contributed by atoms with van der Waals surface area (Å²) in [5, 5.41) is 5.07. The van der Waals surface area contributed by atoms with Gasteiger partial charge in [-0.1, -0.05) is 158 Å². The second-order valence-electron chi connectivity index (χ2n) is 13.4. The molecule has 0 bridgehead atoms. The van der Waals surface area contributed by atoms with Crippen molar-refractivity contribution in [1.82, 2.24) is 9.13 Å². The lowest BCUT2D eigenvalue weighted by molar-refractivity contribution is 1.18. The van der Waals surface area contributed by atoms with Crippen molar-refractivity contribution in [2.45, 2.75) is 0 Å². The summed E-state index contributed by atoms with van der Waals surface area (Å²) in [5.74, 6) is 0. The fraction of sp³-hybridized carbons (Fsp3) is 0. The zero-order valence-corrected chi connectivity index (χ0v) is 28.5. The van der Waals surface area contributed by atoms with Gasteiger partial charge in [0, 0.05) is 32.7 Å². The quantitative estimate of drug-likeness (QED) is 0.157. The topological polar surface area (TPSA) is 9.86 Å². The second kappa shape index (κ2) is 12.5. The first kappa shape index (κ1) is 30.0. The van der Waals surface area contributed by atoms with Gasteiger partial charge in [0.25, 0.3) is 0 Å². The lowest BCUT2D eigenvalue weighted by Crippen LogP contribution is -1.97. The van der Waals surface area contributed by atoms with Gasteiger partial charge < -0.3 is 9.13 Å². The van der Waals surface area contributed by atoms with Crippen molar-refractivity contribution in [3.8, 4) is 33.6 Å². The molecule has 0 unspecified atom stereocenters. The minimum atomic E-state index is 1.16. The standard InChI is InChI=1S/C50H34N2/c1-7-25-45(51-47-27-9-3-21-41(47)42-22-4-10-28-48(42)51)39(19-1)37-17-13-15-35(33-37)31-32-36-16-14-18-38(34-36)40-20-2-8-26-46(40)52-49-29-11-5-23-43(49)44-24-6-12-30-50(44)52/h1-34H/b32-31+. The van der Waals surface area contributed by atoms with Crippen LogP contribution in [0.2, 0.25) is 0 Å². The highest BCUT2D eigenvalue weighted by Crippen LogP contribution is 2.38. The summed E-state index contributed by atoms with van der Waals surface area (Å²) in [5.41, 5.74) is 14.3. The molecule has 10 aromatic rings. The number of benzene rings is 8. The molecule has 52 heavy (non-hydrogen) atoms. The number of rotatable bonds is 6. The van der Waals surface area contributed by atoms with Crippen molar-refractivity contribution in [1.29, 1.82) is 0 Å². The molecule has 8 aromatic carbocycles. The van der Waals surface area contributed by atoms with Gasteiger partial charge >= 0.3 is 0 Å². The molecule has 0 aliphatic carbocycles. The number of fused-ring (bicyclic) bond motifs is 6. The Morgan fingerprint density at radius 1 is 0.288 bits per heavy atom. The van der Waals surface area contributed by atoms with Crippen LogP contribution in [0.1, 0.15) is 11.1 Å². The Balaban J connectivity index is 1.02. The molecule has 2 nitrogen and oxygen atoms in total. The van der Waals surface area contributed by atoms with Crippen molar-refractivity contribution in [2.24, 2.45) is 0 Å². The molecule has 0 spiro atoms. The van der Waals surface area contributed by atoms with Crippen molar-refractivity contribution >= 4 is 55.8 Å². The van der Waals surface area contributed by atoms with Crippen LogP contribution in [0.25, 0.3) is 89.4 Å². The van der Waals surface area contributed by atoms with Crippen LogP contribution in [-0.4, -0.2) is 9.13 Å². The zero-order chi connectivity index (χ0) is 34.4. The van der Waals surface area contributed by atoms with Gasteiger partial charge in [-0.15, -0.1) is 0 Å². The molecule has 0 amide bonds. The first-order valence-electron chi connectivity index (χ1n) is 17.9. The van der Waals surface area contributed by atoms with Gasteiger partial charge in [0.1, 0.15) is 0 Å². The molecule has 2 heterocycles. The number of hydrogen-bond acceptors (Lipinski definition) is 0. The molecule has 0 saturated carbocycles. The zero-order valence-electron chi connectivity index (χ0n) is 28.5. The summed E-state index contributed by atoms with van der Waals surface area (Å²) in [4.78, 5) is 0. The van der Waals surface area contributed by atoms with Crippen LogP contribution in [-0.2, 0) is 0 Å². The average Bonchev–Trinajstić information content (AvgIpc) is 3.73. The molecule has 0 radical (unpaired) electrons. The lowest BCUT2D eigenvalue weighted by Gasteiger charge is -2.14. The van der Waals surface area contributed by atoms with Crippen molar-refractivity contribution in [3.63, 3.8) is 0 Å². The number of aromatic nitrogens is 2. The van der Waals surface area contributed by atoms with Crippen LogP contribution < -0.4 is 0 Å². The fourth-order valence-corrected chi connectivity index (χ4v) is 8.00. The van der Waals surface area contributed by atoms with Crippen LogP contribution >= 0.6 is 0 Å². The third-order valence-electron chi connectivity index (χ3n) is 10.3. The van der Waals surface area contributed by atoms with Gasteiger partial charge in [-0.05, 0) is 70.8 Å². The highest BCUT2D eigenvalue weighted by atomic mass is 15.0. The number of para-hydroxylation sites is 6. The highest BCUT2D eigenvalue weighted by Gasteiger charge is 2.16. The van der Waals surface area contributed by atoms with E-state index in [0.29, 0.717) is 0 Å². The monoisotopic (exact) mass is 662 g/mol. The van der Waals surface area contributed by atoms with Gasteiger partial charge in [0.05, 0.1) is 33.4 Å². The van der Waals surface area contributed by atoms with Gasteiger partial charge in [0.15, 0.2) is 0 Å². The van der Waals surface area contributed by atoms with Crippen LogP contribution in [0, 0.1) is 0 Å². The molecule has 0 aliphatic heterocycles. The fourth-order valence-electron chi connectivity index (χ4n) is 8.00. The third-order valence-corrected chi connectivity index (χ3v) is 10.3. The predicted octanol–water partition coefficient (Wildman–Crippen LogP) is 13.4. The Bertz CT molecular complexity index is 2660.